The number of thiocarbonyl (C=S) groups is 1. The number of aromatic nitrogens is 2. The summed E-state index contributed by atoms with van der Waals surface area (Å²) in [6, 6.07) is 19.5. The predicted molar refractivity (Wildman–Crippen MR) is 150 cm³/mol. The fourth-order valence-electron chi connectivity index (χ4n) is 4.69. The fourth-order valence-corrected chi connectivity index (χ4v) is 5.21. The Bertz CT molecular complexity index is 1500. The minimum absolute atomic E-state index is 0.0282. The molecule has 2 atom stereocenters. The van der Waals surface area contributed by atoms with E-state index in [0.29, 0.717) is 10.8 Å². The van der Waals surface area contributed by atoms with Crippen molar-refractivity contribution in [1.82, 2.24) is 14.9 Å². The predicted octanol–water partition coefficient (Wildman–Crippen LogP) is 5.74. The topological polar surface area (TPSA) is 71.4 Å². The van der Waals surface area contributed by atoms with E-state index in [9.17, 15) is 9.18 Å². The van der Waals surface area contributed by atoms with Crippen molar-refractivity contribution < 1.29 is 13.9 Å². The number of hydrogen-bond acceptors (Lipinski definition) is 4. The molecule has 0 aliphatic carbocycles. The highest BCUT2D eigenvalue weighted by molar-refractivity contribution is 7.80. The molecule has 2 N–H and O–H groups in total. The molecule has 0 radical (unpaired) electrons. The summed E-state index contributed by atoms with van der Waals surface area (Å²) < 4.78 is 20.8. The van der Waals surface area contributed by atoms with Crippen LogP contribution in [0.4, 0.5) is 15.8 Å². The number of carbonyl (C=O) groups is 1. The van der Waals surface area contributed by atoms with Crippen molar-refractivity contribution in [3.63, 3.8) is 0 Å². The van der Waals surface area contributed by atoms with Crippen LogP contribution in [-0.2, 0) is 9.53 Å². The number of nitrogens with zero attached hydrogens (tertiary/aromatic N) is 3. The zero-order valence-electron chi connectivity index (χ0n) is 20.7. The average Bonchev–Trinajstić information content (AvgIpc) is 3.52. The van der Waals surface area contributed by atoms with Gasteiger partial charge in [0, 0.05) is 42.3 Å². The van der Waals surface area contributed by atoms with E-state index < -0.39 is 5.82 Å². The third kappa shape index (κ3) is 5.00. The zero-order valence-corrected chi connectivity index (χ0v) is 22.3. The van der Waals surface area contributed by atoms with Crippen LogP contribution >= 0.6 is 23.8 Å². The van der Waals surface area contributed by atoms with Gasteiger partial charge in [0.1, 0.15) is 18.5 Å². The SMILES string of the molecule is COCC(=O)Nc1ccc(N2C(=S)N[C@@H](c3ccccn3)[C@@H]2c2cccn2-c2ccc(F)c(Cl)c2)cc1C. The van der Waals surface area contributed by atoms with Crippen molar-refractivity contribution in [2.75, 3.05) is 23.9 Å². The molecule has 3 heterocycles. The summed E-state index contributed by atoms with van der Waals surface area (Å²) in [7, 11) is 1.48. The van der Waals surface area contributed by atoms with Gasteiger partial charge >= 0.3 is 0 Å². The standard InChI is InChI=1S/C28H25ClFN5O2S/c1-17-14-19(9-11-22(17)32-25(36)16-37-2)35-27(26(33-28(35)38)23-6-3-4-12-31-23)24-7-5-13-34(24)18-8-10-21(30)20(29)15-18/h3-15,26-27H,16H2,1-2H3,(H,32,36)(H,33,38)/t26-,27-/m0/s1. The first-order chi connectivity index (χ1) is 18.4. The van der Waals surface area contributed by atoms with Gasteiger partial charge in [0.15, 0.2) is 5.11 Å². The Morgan fingerprint density at radius 1 is 1.16 bits per heavy atom. The molecule has 0 saturated carbocycles. The van der Waals surface area contributed by atoms with Gasteiger partial charge in [0.25, 0.3) is 0 Å². The largest absolute Gasteiger partial charge is 0.375 e. The maximum Gasteiger partial charge on any atom is 0.250 e. The Morgan fingerprint density at radius 2 is 1.97 bits per heavy atom. The molecule has 5 rings (SSSR count). The lowest BCUT2D eigenvalue weighted by Crippen LogP contribution is -2.30. The minimum atomic E-state index is -0.478. The number of amides is 1. The van der Waals surface area contributed by atoms with E-state index in [1.807, 2.05) is 71.1 Å². The summed E-state index contributed by atoms with van der Waals surface area (Å²) in [6.45, 7) is 1.90. The molecule has 1 aliphatic heterocycles. The van der Waals surface area contributed by atoms with Crippen LogP contribution in [0.1, 0.15) is 29.0 Å². The maximum atomic E-state index is 13.9. The first-order valence-corrected chi connectivity index (χ1v) is 12.7. The lowest BCUT2D eigenvalue weighted by Gasteiger charge is -2.29. The molecule has 194 valence electrons. The van der Waals surface area contributed by atoms with Crippen LogP contribution in [0.25, 0.3) is 5.69 Å². The molecule has 1 aliphatic rings. The number of halogens is 2. The van der Waals surface area contributed by atoms with Crippen molar-refractivity contribution in [2.24, 2.45) is 0 Å². The van der Waals surface area contributed by atoms with Gasteiger partial charge in [-0.2, -0.15) is 0 Å². The van der Waals surface area contributed by atoms with Crippen molar-refractivity contribution in [3.05, 3.63) is 107 Å². The number of benzene rings is 2. The van der Waals surface area contributed by atoms with Gasteiger partial charge in [0.2, 0.25) is 5.91 Å². The molecule has 38 heavy (non-hydrogen) atoms. The van der Waals surface area contributed by atoms with Crippen molar-refractivity contribution in [2.45, 2.75) is 19.0 Å². The van der Waals surface area contributed by atoms with E-state index in [2.05, 4.69) is 15.6 Å². The Balaban J connectivity index is 1.59. The van der Waals surface area contributed by atoms with E-state index in [-0.39, 0.29) is 29.6 Å². The summed E-state index contributed by atoms with van der Waals surface area (Å²) in [5, 5.41) is 6.89. The number of methoxy groups -OCH3 is 1. The molecule has 7 nitrogen and oxygen atoms in total. The van der Waals surface area contributed by atoms with Crippen molar-refractivity contribution >= 4 is 46.2 Å². The summed E-state index contributed by atoms with van der Waals surface area (Å²) >= 11 is 12.0. The van der Waals surface area contributed by atoms with Crippen LogP contribution in [0.5, 0.6) is 0 Å². The van der Waals surface area contributed by atoms with Crippen LogP contribution in [0.2, 0.25) is 5.02 Å². The van der Waals surface area contributed by atoms with Crippen LogP contribution < -0.4 is 15.5 Å². The normalized spacial score (nSPS) is 16.9. The van der Waals surface area contributed by atoms with Gasteiger partial charge in [-0.1, -0.05) is 17.7 Å². The number of rotatable bonds is 7. The summed E-state index contributed by atoms with van der Waals surface area (Å²) in [4.78, 5) is 18.7. The second kappa shape index (κ2) is 10.9. The molecular weight excluding hydrogens is 525 g/mol. The van der Waals surface area contributed by atoms with Crippen molar-refractivity contribution in [1.29, 1.82) is 0 Å². The molecule has 2 aromatic heterocycles. The lowest BCUT2D eigenvalue weighted by molar-refractivity contribution is -0.119. The Hall–Kier alpha value is -3.79. The lowest BCUT2D eigenvalue weighted by atomic mass is 10.00. The first kappa shape index (κ1) is 25.8. The Kier molecular flexibility index (Phi) is 7.42. The Morgan fingerprint density at radius 3 is 2.68 bits per heavy atom. The van der Waals surface area contributed by atoms with Crippen molar-refractivity contribution in [3.8, 4) is 5.69 Å². The first-order valence-electron chi connectivity index (χ1n) is 11.9. The monoisotopic (exact) mass is 549 g/mol. The molecular formula is C28H25ClFN5O2S. The second-order valence-corrected chi connectivity index (χ2v) is 9.67. The highest BCUT2D eigenvalue weighted by Gasteiger charge is 2.42. The molecule has 2 aromatic carbocycles. The van der Waals surface area contributed by atoms with Gasteiger partial charge in [-0.25, -0.2) is 4.39 Å². The third-order valence-corrected chi connectivity index (χ3v) is 7.00. The van der Waals surface area contributed by atoms with E-state index in [0.717, 1.165) is 28.3 Å². The molecule has 4 aromatic rings. The van der Waals surface area contributed by atoms with Crippen LogP contribution in [0, 0.1) is 12.7 Å². The number of ether oxygens (including phenoxy) is 1. The summed E-state index contributed by atoms with van der Waals surface area (Å²) in [6.07, 6.45) is 3.66. The number of aryl methyl sites for hydroxylation is 1. The molecule has 0 unspecified atom stereocenters. The van der Waals surface area contributed by atoms with Crippen LogP contribution in [0.15, 0.2) is 79.1 Å². The molecule has 0 spiro atoms. The van der Waals surface area contributed by atoms with Gasteiger partial charge in [-0.15, -0.1) is 0 Å². The third-order valence-electron chi connectivity index (χ3n) is 6.40. The smallest absolute Gasteiger partial charge is 0.250 e. The number of pyridine rings is 1. The van der Waals surface area contributed by atoms with E-state index in [1.54, 1.807) is 18.3 Å². The second-order valence-electron chi connectivity index (χ2n) is 8.88. The van der Waals surface area contributed by atoms with Gasteiger partial charge in [-0.05, 0) is 85.4 Å². The van der Waals surface area contributed by atoms with Gasteiger partial charge in [0.05, 0.1) is 16.8 Å². The number of anilines is 2. The molecule has 1 saturated heterocycles. The number of nitrogens with one attached hydrogen (secondary N) is 2. The highest BCUT2D eigenvalue weighted by atomic mass is 35.5. The highest BCUT2D eigenvalue weighted by Crippen LogP contribution is 2.43. The minimum Gasteiger partial charge on any atom is -0.375 e. The van der Waals surface area contributed by atoms with Crippen LogP contribution in [0.3, 0.4) is 0 Å². The van der Waals surface area contributed by atoms with E-state index >= 15 is 0 Å². The fraction of sp³-hybridized carbons (Fsp3) is 0.179. The van der Waals surface area contributed by atoms with Crippen LogP contribution in [-0.4, -0.2) is 34.3 Å². The van der Waals surface area contributed by atoms with E-state index in [1.165, 1.54) is 13.2 Å². The summed E-state index contributed by atoms with van der Waals surface area (Å²) in [5.74, 6) is -0.709. The van der Waals surface area contributed by atoms with Gasteiger partial charge < -0.3 is 24.8 Å². The summed E-state index contributed by atoms with van der Waals surface area (Å²) in [5.41, 5.74) is 4.86. The van der Waals surface area contributed by atoms with E-state index in [4.69, 9.17) is 28.6 Å². The molecule has 1 amide bonds. The number of hydrogen-bond donors (Lipinski definition) is 2. The van der Waals surface area contributed by atoms with Gasteiger partial charge in [-0.3, -0.25) is 9.78 Å². The quantitative estimate of drug-likeness (QED) is 0.287. The number of carbonyl (C=O) groups excluding carboxylic acids is 1. The zero-order chi connectivity index (χ0) is 26.8. The average molecular weight is 550 g/mol. The molecule has 10 heteroatoms. The molecule has 1 fully saturated rings. The maximum absolute atomic E-state index is 13.9. The Labute approximate surface area is 230 Å². The molecule has 0 bridgehead atoms.